The van der Waals surface area contributed by atoms with Crippen LogP contribution in [0, 0.1) is 5.92 Å². The lowest BCUT2D eigenvalue weighted by atomic mass is 10.1. The summed E-state index contributed by atoms with van der Waals surface area (Å²) >= 11 is 1.54. The Bertz CT molecular complexity index is 415. The highest BCUT2D eigenvalue weighted by molar-refractivity contribution is 8.00. The summed E-state index contributed by atoms with van der Waals surface area (Å²) in [6.07, 6.45) is 0.553. The van der Waals surface area contributed by atoms with Gasteiger partial charge in [-0.25, -0.2) is 0 Å². The van der Waals surface area contributed by atoms with Gasteiger partial charge in [0.15, 0.2) is 0 Å². The van der Waals surface area contributed by atoms with Gasteiger partial charge in [0.2, 0.25) is 5.91 Å². The molecule has 0 spiro atoms. The van der Waals surface area contributed by atoms with E-state index in [2.05, 4.69) is 19.2 Å². The number of carbonyl (C=O) groups excluding carboxylic acids is 1. The van der Waals surface area contributed by atoms with E-state index < -0.39 is 6.10 Å². The Kier molecular flexibility index (Phi) is 7.10. The molecule has 1 amide bonds. The van der Waals surface area contributed by atoms with E-state index in [0.29, 0.717) is 5.92 Å². The van der Waals surface area contributed by atoms with Crippen LogP contribution in [0.25, 0.3) is 0 Å². The zero-order chi connectivity index (χ0) is 15.1. The van der Waals surface area contributed by atoms with Crippen LogP contribution in [0.1, 0.15) is 45.8 Å². The average Bonchev–Trinajstić information content (AvgIpc) is 2.38. The van der Waals surface area contributed by atoms with Crippen molar-refractivity contribution in [3.05, 3.63) is 29.8 Å². The van der Waals surface area contributed by atoms with Crippen molar-refractivity contribution < 1.29 is 9.90 Å². The molecule has 0 aliphatic rings. The third kappa shape index (κ3) is 5.97. The number of rotatable bonds is 7. The van der Waals surface area contributed by atoms with Gasteiger partial charge >= 0.3 is 0 Å². The Labute approximate surface area is 126 Å². The van der Waals surface area contributed by atoms with Crippen molar-refractivity contribution >= 4 is 17.7 Å². The number of amides is 1. The molecule has 4 heteroatoms. The SMILES string of the molecule is CC(C)CCNC(=O)C(C)Sc1ccc(C(C)O)cc1. The summed E-state index contributed by atoms with van der Waals surface area (Å²) in [5.74, 6) is 0.682. The number of hydrogen-bond donors (Lipinski definition) is 2. The Morgan fingerprint density at radius 3 is 2.30 bits per heavy atom. The quantitative estimate of drug-likeness (QED) is 0.758. The van der Waals surface area contributed by atoms with Crippen molar-refractivity contribution in [1.29, 1.82) is 0 Å². The van der Waals surface area contributed by atoms with Gasteiger partial charge in [0.05, 0.1) is 11.4 Å². The summed E-state index contributed by atoms with van der Waals surface area (Å²) in [5, 5.41) is 12.3. The number of hydrogen-bond acceptors (Lipinski definition) is 3. The predicted molar refractivity (Wildman–Crippen MR) is 84.9 cm³/mol. The fourth-order valence-electron chi connectivity index (χ4n) is 1.71. The topological polar surface area (TPSA) is 49.3 Å². The van der Waals surface area contributed by atoms with Crippen molar-refractivity contribution in [2.45, 2.75) is 50.4 Å². The molecule has 0 radical (unpaired) electrons. The van der Waals surface area contributed by atoms with E-state index in [1.165, 1.54) is 11.8 Å². The second kappa shape index (κ2) is 8.32. The van der Waals surface area contributed by atoms with Gasteiger partial charge in [-0.15, -0.1) is 11.8 Å². The van der Waals surface area contributed by atoms with Crippen LogP contribution in [0.5, 0.6) is 0 Å². The number of aliphatic hydroxyl groups excluding tert-OH is 1. The molecular formula is C16H25NO2S. The normalized spacial score (nSPS) is 14.1. The molecule has 0 bridgehead atoms. The molecule has 1 rings (SSSR count). The number of carbonyl (C=O) groups is 1. The Balaban J connectivity index is 2.44. The second-order valence-corrected chi connectivity index (χ2v) is 6.89. The van der Waals surface area contributed by atoms with Gasteiger partial charge in [0.25, 0.3) is 0 Å². The molecule has 0 fully saturated rings. The zero-order valence-corrected chi connectivity index (χ0v) is 13.5. The van der Waals surface area contributed by atoms with Gasteiger partial charge in [0, 0.05) is 11.4 Å². The molecule has 0 aromatic heterocycles. The third-order valence-corrected chi connectivity index (χ3v) is 4.18. The van der Waals surface area contributed by atoms with Crippen LogP contribution in [0.4, 0.5) is 0 Å². The first-order chi connectivity index (χ1) is 9.40. The van der Waals surface area contributed by atoms with Crippen molar-refractivity contribution in [1.82, 2.24) is 5.32 Å². The Morgan fingerprint density at radius 1 is 1.20 bits per heavy atom. The minimum atomic E-state index is -0.453. The van der Waals surface area contributed by atoms with Crippen LogP contribution in [0.2, 0.25) is 0 Å². The molecule has 2 N–H and O–H groups in total. The predicted octanol–water partition coefficient (Wildman–Crippen LogP) is 3.38. The summed E-state index contributed by atoms with van der Waals surface area (Å²) < 4.78 is 0. The number of thioether (sulfide) groups is 1. The van der Waals surface area contributed by atoms with Gasteiger partial charge in [-0.3, -0.25) is 4.79 Å². The lowest BCUT2D eigenvalue weighted by molar-refractivity contribution is -0.120. The average molecular weight is 295 g/mol. The highest BCUT2D eigenvalue weighted by Gasteiger charge is 2.14. The van der Waals surface area contributed by atoms with Crippen LogP contribution >= 0.6 is 11.8 Å². The van der Waals surface area contributed by atoms with E-state index in [-0.39, 0.29) is 11.2 Å². The van der Waals surface area contributed by atoms with E-state index in [1.54, 1.807) is 6.92 Å². The molecule has 0 saturated carbocycles. The summed E-state index contributed by atoms with van der Waals surface area (Å²) in [4.78, 5) is 13.0. The number of nitrogens with one attached hydrogen (secondary N) is 1. The van der Waals surface area contributed by atoms with E-state index in [9.17, 15) is 9.90 Å². The molecule has 1 aromatic rings. The molecule has 0 aliphatic heterocycles. The van der Waals surface area contributed by atoms with Crippen molar-refractivity contribution in [2.24, 2.45) is 5.92 Å². The van der Waals surface area contributed by atoms with Crippen molar-refractivity contribution in [3.63, 3.8) is 0 Å². The smallest absolute Gasteiger partial charge is 0.233 e. The molecular weight excluding hydrogens is 270 g/mol. The van der Waals surface area contributed by atoms with E-state index in [0.717, 1.165) is 23.4 Å². The Morgan fingerprint density at radius 2 is 1.80 bits per heavy atom. The monoisotopic (exact) mass is 295 g/mol. The standard InChI is InChI=1S/C16H25NO2S/c1-11(2)9-10-17-16(19)13(4)20-15-7-5-14(6-8-15)12(3)18/h5-8,11-13,18H,9-10H2,1-4H3,(H,17,19). The van der Waals surface area contributed by atoms with Crippen molar-refractivity contribution in [3.8, 4) is 0 Å². The minimum absolute atomic E-state index is 0.0789. The number of aliphatic hydroxyl groups is 1. The van der Waals surface area contributed by atoms with Crippen LogP contribution in [-0.2, 0) is 4.79 Å². The first kappa shape index (κ1) is 17.1. The second-order valence-electron chi connectivity index (χ2n) is 5.48. The molecule has 0 saturated heterocycles. The fraction of sp³-hybridized carbons (Fsp3) is 0.562. The molecule has 2 unspecified atom stereocenters. The molecule has 2 atom stereocenters. The van der Waals surface area contributed by atoms with Gasteiger partial charge in [-0.2, -0.15) is 0 Å². The lowest BCUT2D eigenvalue weighted by Gasteiger charge is -2.13. The highest BCUT2D eigenvalue weighted by atomic mass is 32.2. The van der Waals surface area contributed by atoms with Crippen LogP contribution in [0.3, 0.4) is 0 Å². The minimum Gasteiger partial charge on any atom is -0.389 e. The third-order valence-electron chi connectivity index (χ3n) is 3.07. The number of benzene rings is 1. The van der Waals surface area contributed by atoms with Crippen LogP contribution in [0.15, 0.2) is 29.2 Å². The van der Waals surface area contributed by atoms with Crippen LogP contribution < -0.4 is 5.32 Å². The molecule has 112 valence electrons. The highest BCUT2D eigenvalue weighted by Crippen LogP contribution is 2.25. The van der Waals surface area contributed by atoms with E-state index in [4.69, 9.17) is 0 Å². The summed E-state index contributed by atoms with van der Waals surface area (Å²) in [5.41, 5.74) is 0.892. The summed E-state index contributed by atoms with van der Waals surface area (Å²) in [6, 6.07) is 7.70. The summed E-state index contributed by atoms with van der Waals surface area (Å²) in [6.45, 7) is 8.69. The lowest BCUT2D eigenvalue weighted by Crippen LogP contribution is -2.32. The maximum Gasteiger partial charge on any atom is 0.233 e. The Hall–Kier alpha value is -1.00. The maximum absolute atomic E-state index is 11.9. The largest absolute Gasteiger partial charge is 0.389 e. The van der Waals surface area contributed by atoms with Crippen molar-refractivity contribution in [2.75, 3.05) is 6.54 Å². The van der Waals surface area contributed by atoms with Gasteiger partial charge in [-0.1, -0.05) is 26.0 Å². The molecule has 1 aromatic carbocycles. The molecule has 20 heavy (non-hydrogen) atoms. The van der Waals surface area contributed by atoms with Gasteiger partial charge < -0.3 is 10.4 Å². The van der Waals surface area contributed by atoms with Gasteiger partial charge in [-0.05, 0) is 43.9 Å². The first-order valence-corrected chi connectivity index (χ1v) is 8.00. The molecule has 3 nitrogen and oxygen atoms in total. The maximum atomic E-state index is 11.9. The first-order valence-electron chi connectivity index (χ1n) is 7.12. The molecule has 0 heterocycles. The fourth-order valence-corrected chi connectivity index (χ4v) is 2.60. The van der Waals surface area contributed by atoms with Crippen LogP contribution in [-0.4, -0.2) is 22.8 Å². The summed E-state index contributed by atoms with van der Waals surface area (Å²) in [7, 11) is 0. The zero-order valence-electron chi connectivity index (χ0n) is 12.7. The van der Waals surface area contributed by atoms with E-state index in [1.807, 2.05) is 31.2 Å². The van der Waals surface area contributed by atoms with E-state index >= 15 is 0 Å². The van der Waals surface area contributed by atoms with Gasteiger partial charge in [0.1, 0.15) is 0 Å². The molecule has 0 aliphatic carbocycles.